The summed E-state index contributed by atoms with van der Waals surface area (Å²) in [5, 5.41) is 9.13. The molecular formula is C31H24Cl3N3O3S. The van der Waals surface area contributed by atoms with Crippen molar-refractivity contribution in [3.63, 3.8) is 0 Å². The van der Waals surface area contributed by atoms with E-state index in [0.717, 1.165) is 4.90 Å². The minimum absolute atomic E-state index is 0.0531. The molecule has 10 heteroatoms. The molecule has 0 saturated carbocycles. The summed E-state index contributed by atoms with van der Waals surface area (Å²) in [6.45, 7) is 1.79. The molecule has 41 heavy (non-hydrogen) atoms. The first-order valence-corrected chi connectivity index (χ1v) is 14.4. The molecule has 0 spiro atoms. The first-order chi connectivity index (χ1) is 19.7. The Labute approximate surface area is 257 Å². The van der Waals surface area contributed by atoms with Crippen LogP contribution in [0.1, 0.15) is 22.8 Å². The molecule has 4 aromatic rings. The van der Waals surface area contributed by atoms with Gasteiger partial charge in [-0.05, 0) is 79.7 Å². The third kappa shape index (κ3) is 8.62. The molecule has 0 aliphatic heterocycles. The van der Waals surface area contributed by atoms with Crippen LogP contribution in [0.15, 0.2) is 108 Å². The average Bonchev–Trinajstić information content (AvgIpc) is 2.96. The Bertz CT molecular complexity index is 1580. The minimum atomic E-state index is -0.582. The number of thioether (sulfide) groups is 1. The first-order valence-electron chi connectivity index (χ1n) is 12.4. The number of carbonyl (C=O) groups is 3. The SMILES string of the molecule is CC(Sc1cccc(NC(=O)/C(=C\c2c(Cl)cccc2Cl)NC(=O)c2ccccc2)c1)C(=O)Nc1ccc(Cl)cc1. The molecule has 0 aliphatic rings. The molecule has 208 valence electrons. The predicted octanol–water partition coefficient (Wildman–Crippen LogP) is 8.18. The van der Waals surface area contributed by atoms with Crippen molar-refractivity contribution in [2.24, 2.45) is 0 Å². The van der Waals surface area contributed by atoms with Gasteiger partial charge in [0.2, 0.25) is 5.91 Å². The second-order valence-electron chi connectivity index (χ2n) is 8.75. The smallest absolute Gasteiger partial charge is 0.272 e. The molecule has 0 aliphatic carbocycles. The molecule has 3 amide bonds. The van der Waals surface area contributed by atoms with Crippen molar-refractivity contribution in [1.82, 2.24) is 5.32 Å². The van der Waals surface area contributed by atoms with Crippen LogP contribution >= 0.6 is 46.6 Å². The van der Waals surface area contributed by atoms with E-state index in [4.69, 9.17) is 34.8 Å². The Kier molecular flexibility index (Phi) is 10.5. The number of benzene rings is 4. The molecule has 1 unspecified atom stereocenters. The summed E-state index contributed by atoms with van der Waals surface area (Å²) in [5.41, 5.74) is 1.82. The average molecular weight is 625 g/mol. The summed E-state index contributed by atoms with van der Waals surface area (Å²) in [6.07, 6.45) is 1.43. The van der Waals surface area contributed by atoms with Crippen LogP contribution in [0.5, 0.6) is 0 Å². The van der Waals surface area contributed by atoms with Crippen molar-refractivity contribution in [2.45, 2.75) is 17.1 Å². The standard InChI is InChI=1S/C31H24Cl3N3O3S/c1-19(29(38)35-22-15-13-21(32)14-16-22)41-24-10-5-9-23(17-24)36-31(40)28(18-25-26(33)11-6-12-27(25)34)37-30(39)20-7-3-2-4-8-20/h2-19H,1H3,(H,35,38)(H,36,40)(H,37,39)/b28-18+. The van der Waals surface area contributed by atoms with Crippen LogP contribution in [0.25, 0.3) is 6.08 Å². The largest absolute Gasteiger partial charge is 0.325 e. The van der Waals surface area contributed by atoms with Gasteiger partial charge in [0.1, 0.15) is 5.70 Å². The van der Waals surface area contributed by atoms with Gasteiger partial charge in [-0.25, -0.2) is 0 Å². The van der Waals surface area contributed by atoms with E-state index in [-0.39, 0.29) is 11.6 Å². The highest BCUT2D eigenvalue weighted by Crippen LogP contribution is 2.29. The van der Waals surface area contributed by atoms with Crippen LogP contribution in [0.2, 0.25) is 15.1 Å². The molecule has 1 atom stereocenters. The topological polar surface area (TPSA) is 87.3 Å². The molecule has 0 heterocycles. The highest BCUT2D eigenvalue weighted by Gasteiger charge is 2.18. The number of halogens is 3. The molecule has 0 aromatic heterocycles. The van der Waals surface area contributed by atoms with E-state index in [1.165, 1.54) is 17.8 Å². The number of amides is 3. The lowest BCUT2D eigenvalue weighted by atomic mass is 10.1. The fourth-order valence-electron chi connectivity index (χ4n) is 3.62. The quantitative estimate of drug-likeness (QED) is 0.129. The van der Waals surface area contributed by atoms with Gasteiger partial charge in [0, 0.05) is 42.5 Å². The van der Waals surface area contributed by atoms with Gasteiger partial charge in [0.05, 0.1) is 5.25 Å². The molecule has 4 aromatic carbocycles. The maximum absolute atomic E-state index is 13.4. The van der Waals surface area contributed by atoms with Gasteiger partial charge >= 0.3 is 0 Å². The van der Waals surface area contributed by atoms with Crippen LogP contribution in [-0.4, -0.2) is 23.0 Å². The van der Waals surface area contributed by atoms with E-state index in [1.54, 1.807) is 97.9 Å². The Balaban J connectivity index is 1.51. The number of rotatable bonds is 9. The molecule has 4 rings (SSSR count). The second-order valence-corrected chi connectivity index (χ2v) is 11.4. The molecule has 0 fully saturated rings. The molecule has 3 N–H and O–H groups in total. The number of hydrogen-bond donors (Lipinski definition) is 3. The summed E-state index contributed by atoms with van der Waals surface area (Å²) >= 11 is 19.9. The Morgan fingerprint density at radius 2 is 1.41 bits per heavy atom. The van der Waals surface area contributed by atoms with Crippen molar-refractivity contribution in [3.05, 3.63) is 129 Å². The lowest BCUT2D eigenvalue weighted by Crippen LogP contribution is -2.30. The Morgan fingerprint density at radius 1 is 0.756 bits per heavy atom. The molecule has 0 bridgehead atoms. The predicted molar refractivity (Wildman–Crippen MR) is 169 cm³/mol. The van der Waals surface area contributed by atoms with Gasteiger partial charge in [0.15, 0.2) is 0 Å². The summed E-state index contributed by atoms with van der Waals surface area (Å²) in [4.78, 5) is 39.8. The van der Waals surface area contributed by atoms with Crippen LogP contribution in [0.4, 0.5) is 11.4 Å². The third-order valence-electron chi connectivity index (χ3n) is 5.70. The monoisotopic (exact) mass is 623 g/mol. The van der Waals surface area contributed by atoms with Crippen molar-refractivity contribution in [3.8, 4) is 0 Å². The van der Waals surface area contributed by atoms with Crippen molar-refractivity contribution >= 4 is 81.7 Å². The number of hydrogen-bond acceptors (Lipinski definition) is 4. The van der Waals surface area contributed by atoms with Crippen LogP contribution in [0.3, 0.4) is 0 Å². The normalized spacial score (nSPS) is 11.9. The highest BCUT2D eigenvalue weighted by molar-refractivity contribution is 8.00. The number of anilines is 2. The van der Waals surface area contributed by atoms with Gasteiger partial charge in [-0.1, -0.05) is 65.1 Å². The van der Waals surface area contributed by atoms with Gasteiger partial charge in [-0.2, -0.15) is 0 Å². The van der Waals surface area contributed by atoms with E-state index in [1.807, 2.05) is 6.07 Å². The van der Waals surface area contributed by atoms with Gasteiger partial charge in [-0.3, -0.25) is 14.4 Å². The van der Waals surface area contributed by atoms with E-state index >= 15 is 0 Å². The Morgan fingerprint density at radius 3 is 2.10 bits per heavy atom. The highest BCUT2D eigenvalue weighted by atomic mass is 35.5. The van der Waals surface area contributed by atoms with Crippen molar-refractivity contribution < 1.29 is 14.4 Å². The zero-order chi connectivity index (χ0) is 29.4. The van der Waals surface area contributed by atoms with Crippen molar-refractivity contribution in [2.75, 3.05) is 10.6 Å². The Hall–Kier alpha value is -3.75. The van der Waals surface area contributed by atoms with Crippen LogP contribution in [0, 0.1) is 0 Å². The second kappa shape index (κ2) is 14.2. The maximum atomic E-state index is 13.4. The summed E-state index contributed by atoms with van der Waals surface area (Å²) in [5.74, 6) is -1.24. The first kappa shape index (κ1) is 30.2. The number of nitrogens with one attached hydrogen (secondary N) is 3. The summed E-state index contributed by atoms with van der Waals surface area (Å²) in [7, 11) is 0. The van der Waals surface area contributed by atoms with Gasteiger partial charge < -0.3 is 16.0 Å². The van der Waals surface area contributed by atoms with E-state index in [2.05, 4.69) is 16.0 Å². The lowest BCUT2D eigenvalue weighted by Gasteiger charge is -2.14. The molecule has 0 radical (unpaired) electrons. The minimum Gasteiger partial charge on any atom is -0.325 e. The molecular weight excluding hydrogens is 601 g/mol. The third-order valence-corrected chi connectivity index (χ3v) is 7.71. The summed E-state index contributed by atoms with van der Waals surface area (Å²) < 4.78 is 0. The zero-order valence-corrected chi connectivity index (χ0v) is 24.7. The van der Waals surface area contributed by atoms with E-state index in [9.17, 15) is 14.4 Å². The fourth-order valence-corrected chi connectivity index (χ4v) is 5.17. The van der Waals surface area contributed by atoms with Gasteiger partial charge in [0.25, 0.3) is 11.8 Å². The van der Waals surface area contributed by atoms with Crippen LogP contribution < -0.4 is 16.0 Å². The van der Waals surface area contributed by atoms with E-state index in [0.29, 0.717) is 37.6 Å². The van der Waals surface area contributed by atoms with E-state index < -0.39 is 17.1 Å². The van der Waals surface area contributed by atoms with Crippen molar-refractivity contribution in [1.29, 1.82) is 0 Å². The van der Waals surface area contributed by atoms with Crippen LogP contribution in [-0.2, 0) is 9.59 Å². The maximum Gasteiger partial charge on any atom is 0.272 e. The number of carbonyl (C=O) groups excluding carboxylic acids is 3. The zero-order valence-electron chi connectivity index (χ0n) is 21.7. The molecule has 6 nitrogen and oxygen atoms in total. The van der Waals surface area contributed by atoms with Gasteiger partial charge in [-0.15, -0.1) is 11.8 Å². The summed E-state index contributed by atoms with van der Waals surface area (Å²) in [6, 6.07) is 27.4. The molecule has 0 saturated heterocycles. The fraction of sp³-hybridized carbons (Fsp3) is 0.0645. The lowest BCUT2D eigenvalue weighted by molar-refractivity contribution is -0.115.